The molecule has 0 aliphatic carbocycles. The third kappa shape index (κ3) is 5.09. The molecule has 0 saturated carbocycles. The average Bonchev–Trinajstić information content (AvgIpc) is 2.37. The van der Waals surface area contributed by atoms with Gasteiger partial charge in [-0.05, 0) is 25.0 Å². The Hall–Kier alpha value is -2.37. The van der Waals surface area contributed by atoms with E-state index in [0.717, 1.165) is 0 Å². The number of carbonyl (C=O) groups excluding carboxylic acids is 2. The number of unbranched alkanes of at least 4 members (excludes halogenated alkanes) is 1. The Morgan fingerprint density at radius 3 is 2.70 bits per heavy atom. The van der Waals surface area contributed by atoms with Crippen LogP contribution in [0, 0.1) is 0 Å². The molecule has 6 nitrogen and oxygen atoms in total. The fourth-order valence-corrected chi connectivity index (χ4v) is 1.65. The topological polar surface area (TPSA) is 92.7 Å². The number of rotatable bonds is 8. The number of aldehydes is 1. The third-order valence-corrected chi connectivity index (χ3v) is 2.54. The molecule has 20 heavy (non-hydrogen) atoms. The van der Waals surface area contributed by atoms with E-state index in [0.29, 0.717) is 37.2 Å². The van der Waals surface area contributed by atoms with Gasteiger partial charge in [-0.25, -0.2) is 0 Å². The van der Waals surface area contributed by atoms with E-state index in [-0.39, 0.29) is 17.9 Å². The number of hydrogen-bond acceptors (Lipinski definition) is 4. The van der Waals surface area contributed by atoms with E-state index >= 15 is 0 Å². The molecule has 0 atom stereocenters. The Kier molecular flexibility index (Phi) is 6.22. The summed E-state index contributed by atoms with van der Waals surface area (Å²) < 4.78 is 5.46. The van der Waals surface area contributed by atoms with Crippen molar-refractivity contribution < 1.29 is 24.2 Å². The molecule has 0 unspecified atom stereocenters. The maximum Gasteiger partial charge on any atom is 0.303 e. The molecule has 0 aromatic heterocycles. The number of amides is 1. The lowest BCUT2D eigenvalue weighted by atomic mass is 10.1. The number of nitrogens with one attached hydrogen (secondary N) is 1. The van der Waals surface area contributed by atoms with E-state index in [1.807, 2.05) is 0 Å². The molecule has 0 heterocycles. The van der Waals surface area contributed by atoms with Crippen LogP contribution in [0.15, 0.2) is 18.2 Å². The van der Waals surface area contributed by atoms with Gasteiger partial charge < -0.3 is 15.2 Å². The summed E-state index contributed by atoms with van der Waals surface area (Å²) in [6, 6.07) is 4.92. The second-order valence-electron chi connectivity index (χ2n) is 4.22. The van der Waals surface area contributed by atoms with Crippen LogP contribution in [-0.4, -0.2) is 29.9 Å². The first-order chi connectivity index (χ1) is 9.54. The van der Waals surface area contributed by atoms with Crippen molar-refractivity contribution in [1.82, 2.24) is 0 Å². The first kappa shape index (κ1) is 15.7. The second kappa shape index (κ2) is 7.93. The number of carbonyl (C=O) groups is 3. The van der Waals surface area contributed by atoms with Gasteiger partial charge in [0.15, 0.2) is 6.29 Å². The van der Waals surface area contributed by atoms with Crippen molar-refractivity contribution in [2.75, 3.05) is 11.9 Å². The van der Waals surface area contributed by atoms with Crippen LogP contribution in [-0.2, 0) is 9.59 Å². The molecule has 0 saturated heterocycles. The monoisotopic (exact) mass is 279 g/mol. The zero-order valence-corrected chi connectivity index (χ0v) is 11.2. The zero-order chi connectivity index (χ0) is 15.0. The van der Waals surface area contributed by atoms with Crippen LogP contribution < -0.4 is 10.1 Å². The number of hydrogen-bond donors (Lipinski definition) is 2. The van der Waals surface area contributed by atoms with Gasteiger partial charge in [0.05, 0.1) is 17.9 Å². The highest BCUT2D eigenvalue weighted by Gasteiger charge is 2.09. The number of anilines is 1. The second-order valence-corrected chi connectivity index (χ2v) is 4.22. The van der Waals surface area contributed by atoms with Crippen LogP contribution in [0.5, 0.6) is 5.75 Å². The van der Waals surface area contributed by atoms with Gasteiger partial charge in [0, 0.05) is 13.3 Å². The van der Waals surface area contributed by atoms with Gasteiger partial charge in [0.1, 0.15) is 5.75 Å². The first-order valence-electron chi connectivity index (χ1n) is 6.25. The minimum Gasteiger partial charge on any atom is -0.493 e. The van der Waals surface area contributed by atoms with Gasteiger partial charge in [-0.15, -0.1) is 0 Å². The molecular weight excluding hydrogens is 262 g/mol. The van der Waals surface area contributed by atoms with Crippen LogP contribution in [0.2, 0.25) is 0 Å². The molecule has 1 aromatic rings. The smallest absolute Gasteiger partial charge is 0.303 e. The van der Waals surface area contributed by atoms with E-state index in [1.165, 1.54) is 6.92 Å². The van der Waals surface area contributed by atoms with E-state index < -0.39 is 5.97 Å². The molecule has 108 valence electrons. The van der Waals surface area contributed by atoms with Gasteiger partial charge in [-0.2, -0.15) is 0 Å². The Balaban J connectivity index is 2.63. The Morgan fingerprint density at radius 1 is 1.35 bits per heavy atom. The molecule has 0 bridgehead atoms. The number of carboxylic acids is 1. The zero-order valence-electron chi connectivity index (χ0n) is 11.2. The van der Waals surface area contributed by atoms with Gasteiger partial charge >= 0.3 is 5.97 Å². The van der Waals surface area contributed by atoms with E-state index in [4.69, 9.17) is 9.84 Å². The van der Waals surface area contributed by atoms with Crippen LogP contribution in [0.25, 0.3) is 0 Å². The van der Waals surface area contributed by atoms with Crippen molar-refractivity contribution in [2.45, 2.75) is 26.2 Å². The standard InChI is InChI=1S/C14H17NO5/c1-10(17)15-12-5-4-6-13(11(12)9-16)20-8-3-2-7-14(18)19/h4-6,9H,2-3,7-8H2,1H3,(H,15,17)(H,18,19). The predicted molar refractivity (Wildman–Crippen MR) is 73.1 cm³/mol. The number of aliphatic carboxylic acids is 1. The van der Waals surface area contributed by atoms with Crippen LogP contribution in [0.3, 0.4) is 0 Å². The molecule has 1 rings (SSSR count). The summed E-state index contributed by atoms with van der Waals surface area (Å²) in [5, 5.41) is 11.1. The third-order valence-electron chi connectivity index (χ3n) is 2.54. The van der Waals surface area contributed by atoms with Crippen LogP contribution >= 0.6 is 0 Å². The Bertz CT molecular complexity index is 498. The lowest BCUT2D eigenvalue weighted by molar-refractivity contribution is -0.137. The predicted octanol–water partition coefficient (Wildman–Crippen LogP) is 2.09. The minimum atomic E-state index is -0.841. The van der Waals surface area contributed by atoms with Crippen LogP contribution in [0.1, 0.15) is 36.5 Å². The van der Waals surface area contributed by atoms with Crippen molar-refractivity contribution >= 4 is 23.9 Å². The van der Waals surface area contributed by atoms with Crippen molar-refractivity contribution in [2.24, 2.45) is 0 Å². The quantitative estimate of drug-likeness (QED) is 0.561. The molecule has 1 amide bonds. The summed E-state index contributed by atoms with van der Waals surface area (Å²) >= 11 is 0. The first-order valence-corrected chi connectivity index (χ1v) is 6.25. The summed E-state index contributed by atoms with van der Waals surface area (Å²) in [5.74, 6) is -0.737. The molecular formula is C14H17NO5. The highest BCUT2D eigenvalue weighted by Crippen LogP contribution is 2.25. The number of carboxylic acid groups (broad SMARTS) is 1. The van der Waals surface area contributed by atoms with E-state index in [1.54, 1.807) is 18.2 Å². The highest BCUT2D eigenvalue weighted by atomic mass is 16.5. The number of ether oxygens (including phenoxy) is 1. The molecule has 0 aliphatic heterocycles. The van der Waals surface area contributed by atoms with Crippen molar-refractivity contribution in [3.63, 3.8) is 0 Å². The summed E-state index contributed by atoms with van der Waals surface area (Å²) in [6.45, 7) is 1.67. The molecule has 1 aromatic carbocycles. The van der Waals surface area contributed by atoms with E-state index in [2.05, 4.69) is 5.32 Å². The largest absolute Gasteiger partial charge is 0.493 e. The summed E-state index contributed by atoms with van der Waals surface area (Å²) in [5.41, 5.74) is 0.677. The molecule has 2 N–H and O–H groups in total. The molecule has 6 heteroatoms. The molecule has 0 fully saturated rings. The van der Waals surface area contributed by atoms with Crippen LogP contribution in [0.4, 0.5) is 5.69 Å². The van der Waals surface area contributed by atoms with Gasteiger partial charge in [-0.1, -0.05) is 6.07 Å². The van der Waals surface area contributed by atoms with E-state index in [9.17, 15) is 14.4 Å². The van der Waals surface area contributed by atoms with Gasteiger partial charge in [0.25, 0.3) is 0 Å². The maximum atomic E-state index is 11.1. The molecule has 0 aliphatic rings. The minimum absolute atomic E-state index is 0.0931. The lowest BCUT2D eigenvalue weighted by Crippen LogP contribution is -2.09. The Morgan fingerprint density at radius 2 is 2.10 bits per heavy atom. The lowest BCUT2D eigenvalue weighted by Gasteiger charge is -2.11. The summed E-state index contributed by atoms with van der Waals surface area (Å²) in [4.78, 5) is 32.5. The molecule has 0 spiro atoms. The summed E-state index contributed by atoms with van der Waals surface area (Å²) in [7, 11) is 0. The normalized spacial score (nSPS) is 9.85. The van der Waals surface area contributed by atoms with Crippen molar-refractivity contribution in [3.05, 3.63) is 23.8 Å². The summed E-state index contributed by atoms with van der Waals surface area (Å²) in [6.07, 6.45) is 1.81. The van der Waals surface area contributed by atoms with Crippen molar-refractivity contribution in [3.8, 4) is 5.75 Å². The molecule has 0 radical (unpaired) electrons. The van der Waals surface area contributed by atoms with Gasteiger partial charge in [-0.3, -0.25) is 14.4 Å². The highest BCUT2D eigenvalue weighted by molar-refractivity contribution is 5.96. The fourth-order valence-electron chi connectivity index (χ4n) is 1.65. The SMILES string of the molecule is CC(=O)Nc1cccc(OCCCCC(=O)O)c1C=O. The fraction of sp³-hybridized carbons (Fsp3) is 0.357. The Labute approximate surface area is 116 Å². The average molecular weight is 279 g/mol. The van der Waals surface area contributed by atoms with Crippen molar-refractivity contribution in [1.29, 1.82) is 0 Å². The maximum absolute atomic E-state index is 11.1. The number of benzene rings is 1. The van der Waals surface area contributed by atoms with Gasteiger partial charge in [0.2, 0.25) is 5.91 Å².